The zero-order chi connectivity index (χ0) is 15.8. The molecule has 2 unspecified atom stereocenters. The van der Waals surface area contributed by atoms with Crippen LogP contribution in [-0.2, 0) is 4.74 Å². The van der Waals surface area contributed by atoms with Gasteiger partial charge >= 0.3 is 5.97 Å². The van der Waals surface area contributed by atoms with Gasteiger partial charge in [-0.05, 0) is 32.6 Å². The van der Waals surface area contributed by atoms with Crippen LogP contribution in [0.4, 0.5) is 5.69 Å². The van der Waals surface area contributed by atoms with Gasteiger partial charge in [0.05, 0.1) is 18.6 Å². The molecule has 3 N–H and O–H groups in total. The molecule has 2 aliphatic rings. The molecule has 2 atom stereocenters. The first kappa shape index (κ1) is 14.4. The first-order chi connectivity index (χ1) is 11.2. The number of nitrogens with zero attached hydrogens (tertiary/aromatic N) is 2. The molecule has 0 aromatic carbocycles. The molecule has 2 bridgehead atoms. The van der Waals surface area contributed by atoms with E-state index < -0.39 is 0 Å². The molecule has 7 heteroatoms. The fourth-order valence-corrected chi connectivity index (χ4v) is 3.79. The van der Waals surface area contributed by atoms with Crippen molar-refractivity contribution in [3.05, 3.63) is 18.1 Å². The van der Waals surface area contributed by atoms with E-state index in [1.165, 1.54) is 12.8 Å². The Hall–Kier alpha value is -2.15. The number of nitrogens with one attached hydrogen (secondary N) is 3. The lowest BCUT2D eigenvalue weighted by Gasteiger charge is -2.31. The number of anilines is 1. The Kier molecular flexibility index (Phi) is 3.65. The fourth-order valence-electron chi connectivity index (χ4n) is 3.79. The molecule has 122 valence electrons. The van der Waals surface area contributed by atoms with Gasteiger partial charge in [0.15, 0.2) is 5.65 Å². The standard InChI is InChI=1S/C16H21N5O2/c1-2-23-16(22)12-7-17-15-14(18-8-19-15)13(12)21-11-5-9-3-4-10(6-11)20-9/h7-11,20H,2-6H2,1H3,(H2,17,18,19,21). The quantitative estimate of drug-likeness (QED) is 0.746. The number of hydrogen-bond acceptors (Lipinski definition) is 6. The van der Waals surface area contributed by atoms with Crippen molar-refractivity contribution in [1.29, 1.82) is 0 Å². The van der Waals surface area contributed by atoms with Crippen LogP contribution in [0.3, 0.4) is 0 Å². The predicted octanol–water partition coefficient (Wildman–Crippen LogP) is 1.83. The van der Waals surface area contributed by atoms with Gasteiger partial charge in [0, 0.05) is 24.3 Å². The van der Waals surface area contributed by atoms with Crippen molar-refractivity contribution in [3.63, 3.8) is 0 Å². The number of imidazole rings is 1. The summed E-state index contributed by atoms with van der Waals surface area (Å²) in [6, 6.07) is 1.50. The van der Waals surface area contributed by atoms with E-state index in [-0.39, 0.29) is 5.97 Å². The molecular weight excluding hydrogens is 294 g/mol. The van der Waals surface area contributed by atoms with E-state index in [2.05, 4.69) is 25.6 Å². The summed E-state index contributed by atoms with van der Waals surface area (Å²) >= 11 is 0. The summed E-state index contributed by atoms with van der Waals surface area (Å²) in [6.45, 7) is 2.15. The van der Waals surface area contributed by atoms with E-state index in [0.717, 1.165) is 24.0 Å². The number of carbonyl (C=O) groups is 1. The van der Waals surface area contributed by atoms with Crippen LogP contribution in [-0.4, -0.2) is 45.7 Å². The van der Waals surface area contributed by atoms with Crippen LogP contribution in [0.1, 0.15) is 43.0 Å². The number of ether oxygens (including phenoxy) is 1. The number of rotatable bonds is 4. The molecule has 0 radical (unpaired) electrons. The maximum Gasteiger partial charge on any atom is 0.341 e. The number of pyridine rings is 1. The van der Waals surface area contributed by atoms with E-state index >= 15 is 0 Å². The lowest BCUT2D eigenvalue weighted by atomic mass is 9.99. The van der Waals surface area contributed by atoms with Crippen LogP contribution in [0.2, 0.25) is 0 Å². The molecular formula is C16H21N5O2. The third-order valence-corrected chi connectivity index (χ3v) is 4.77. The summed E-state index contributed by atoms with van der Waals surface area (Å²) in [4.78, 5) is 23.8. The zero-order valence-corrected chi connectivity index (χ0v) is 13.1. The average Bonchev–Trinajstić information content (AvgIpc) is 3.14. The number of H-pyrrole nitrogens is 1. The predicted molar refractivity (Wildman–Crippen MR) is 86.4 cm³/mol. The van der Waals surface area contributed by atoms with Gasteiger partial charge in [0.25, 0.3) is 0 Å². The Morgan fingerprint density at radius 3 is 2.87 bits per heavy atom. The topological polar surface area (TPSA) is 91.9 Å². The van der Waals surface area contributed by atoms with Crippen molar-refractivity contribution in [2.75, 3.05) is 11.9 Å². The molecule has 0 amide bonds. The normalized spacial score (nSPS) is 26.4. The maximum atomic E-state index is 12.3. The van der Waals surface area contributed by atoms with Crippen molar-refractivity contribution in [2.45, 2.75) is 50.7 Å². The summed E-state index contributed by atoms with van der Waals surface area (Å²) in [7, 11) is 0. The molecule has 4 heterocycles. The third-order valence-electron chi connectivity index (χ3n) is 4.77. The summed E-state index contributed by atoms with van der Waals surface area (Å²) in [5.74, 6) is -0.351. The van der Waals surface area contributed by atoms with Crippen LogP contribution in [0.25, 0.3) is 11.2 Å². The highest BCUT2D eigenvalue weighted by molar-refractivity contribution is 6.02. The Morgan fingerprint density at radius 2 is 2.13 bits per heavy atom. The monoisotopic (exact) mass is 315 g/mol. The molecule has 23 heavy (non-hydrogen) atoms. The lowest BCUT2D eigenvalue weighted by Crippen LogP contribution is -2.43. The number of piperidine rings is 1. The lowest BCUT2D eigenvalue weighted by molar-refractivity contribution is 0.0527. The van der Waals surface area contributed by atoms with E-state index in [9.17, 15) is 4.79 Å². The second kappa shape index (κ2) is 5.81. The minimum Gasteiger partial charge on any atom is -0.462 e. The maximum absolute atomic E-state index is 12.3. The number of aromatic amines is 1. The molecule has 2 fully saturated rings. The number of esters is 1. The second-order valence-electron chi connectivity index (χ2n) is 6.32. The zero-order valence-electron chi connectivity index (χ0n) is 13.1. The van der Waals surface area contributed by atoms with E-state index in [0.29, 0.717) is 35.9 Å². The molecule has 4 rings (SSSR count). The van der Waals surface area contributed by atoms with Crippen LogP contribution in [0.5, 0.6) is 0 Å². The molecule has 2 aromatic heterocycles. The van der Waals surface area contributed by atoms with Gasteiger partial charge in [-0.1, -0.05) is 0 Å². The molecule has 2 saturated heterocycles. The van der Waals surface area contributed by atoms with Gasteiger partial charge in [-0.25, -0.2) is 14.8 Å². The van der Waals surface area contributed by atoms with Crippen molar-refractivity contribution in [2.24, 2.45) is 0 Å². The van der Waals surface area contributed by atoms with Crippen molar-refractivity contribution < 1.29 is 9.53 Å². The second-order valence-corrected chi connectivity index (χ2v) is 6.32. The Labute approximate surface area is 134 Å². The Bertz CT molecular complexity index is 716. The molecule has 2 aliphatic heterocycles. The Morgan fingerprint density at radius 1 is 1.35 bits per heavy atom. The summed E-state index contributed by atoms with van der Waals surface area (Å²) in [5.41, 5.74) is 2.60. The summed E-state index contributed by atoms with van der Waals surface area (Å²) < 4.78 is 5.17. The number of carbonyl (C=O) groups excluding carboxylic acids is 1. The van der Waals surface area contributed by atoms with E-state index in [1.807, 2.05) is 0 Å². The van der Waals surface area contributed by atoms with Gasteiger partial charge < -0.3 is 20.4 Å². The molecule has 0 saturated carbocycles. The molecule has 0 spiro atoms. The highest BCUT2D eigenvalue weighted by Crippen LogP contribution is 2.31. The average molecular weight is 315 g/mol. The highest BCUT2D eigenvalue weighted by Gasteiger charge is 2.34. The van der Waals surface area contributed by atoms with Gasteiger partial charge in [0.1, 0.15) is 11.1 Å². The molecule has 2 aromatic rings. The van der Waals surface area contributed by atoms with Gasteiger partial charge in [0.2, 0.25) is 0 Å². The van der Waals surface area contributed by atoms with Gasteiger partial charge in [-0.15, -0.1) is 0 Å². The minimum absolute atomic E-state index is 0.343. The molecule has 7 nitrogen and oxygen atoms in total. The molecule has 0 aliphatic carbocycles. The number of aromatic nitrogens is 3. The SMILES string of the molecule is CCOC(=O)c1cnc2nc[nH]c2c1NC1CC2CCC(C1)N2. The van der Waals surface area contributed by atoms with Crippen molar-refractivity contribution in [3.8, 4) is 0 Å². The smallest absolute Gasteiger partial charge is 0.341 e. The number of hydrogen-bond donors (Lipinski definition) is 3. The van der Waals surface area contributed by atoms with Crippen molar-refractivity contribution in [1.82, 2.24) is 20.3 Å². The van der Waals surface area contributed by atoms with Crippen LogP contribution < -0.4 is 10.6 Å². The minimum atomic E-state index is -0.351. The third kappa shape index (κ3) is 2.65. The highest BCUT2D eigenvalue weighted by atomic mass is 16.5. The first-order valence-electron chi connectivity index (χ1n) is 8.26. The fraction of sp³-hybridized carbons (Fsp3) is 0.562. The van der Waals surface area contributed by atoms with Crippen LogP contribution in [0, 0.1) is 0 Å². The van der Waals surface area contributed by atoms with Gasteiger partial charge in [-0.2, -0.15) is 0 Å². The van der Waals surface area contributed by atoms with E-state index in [4.69, 9.17) is 4.74 Å². The van der Waals surface area contributed by atoms with Gasteiger partial charge in [-0.3, -0.25) is 0 Å². The van der Waals surface area contributed by atoms with E-state index in [1.54, 1.807) is 19.4 Å². The number of fused-ring (bicyclic) bond motifs is 3. The summed E-state index contributed by atoms with van der Waals surface area (Å²) in [6.07, 6.45) is 7.77. The largest absolute Gasteiger partial charge is 0.462 e. The Balaban J connectivity index is 1.67. The van der Waals surface area contributed by atoms with Crippen LogP contribution >= 0.6 is 0 Å². The van der Waals surface area contributed by atoms with Crippen molar-refractivity contribution >= 4 is 22.8 Å². The van der Waals surface area contributed by atoms with Crippen LogP contribution in [0.15, 0.2) is 12.5 Å². The summed E-state index contributed by atoms with van der Waals surface area (Å²) in [5, 5.41) is 7.20. The first-order valence-corrected chi connectivity index (χ1v) is 8.26.